The third-order valence-corrected chi connectivity index (χ3v) is 4.56. The van der Waals surface area contributed by atoms with Gasteiger partial charge >= 0.3 is 71.6 Å². The van der Waals surface area contributed by atoms with Crippen LogP contribution < -0.4 is 29.6 Å². The Morgan fingerprint density at radius 3 is 1.79 bits per heavy atom. The Morgan fingerprint density at radius 1 is 0.882 bits per heavy atom. The quantitative estimate of drug-likeness (QED) is 0.190. The molecule has 0 spiro atoms. The van der Waals surface area contributed by atoms with E-state index in [4.69, 9.17) is 0 Å². The van der Waals surface area contributed by atoms with Crippen LogP contribution in [-0.2, 0) is 20.6 Å². The van der Waals surface area contributed by atoms with Crippen molar-refractivity contribution in [3.05, 3.63) is 35.4 Å². The minimum atomic E-state index is -7.79. The van der Waals surface area contributed by atoms with Gasteiger partial charge in [-0.05, 0) is 11.6 Å². The minimum absolute atomic E-state index is 0. The van der Waals surface area contributed by atoms with Crippen LogP contribution in [0.1, 0.15) is 15.9 Å². The summed E-state index contributed by atoms with van der Waals surface area (Å²) in [4.78, 5) is 11.8. The van der Waals surface area contributed by atoms with Gasteiger partial charge in [-0.25, -0.2) is 22.0 Å². The van der Waals surface area contributed by atoms with Gasteiger partial charge in [-0.1, -0.05) is 18.2 Å². The van der Waals surface area contributed by atoms with E-state index in [0.717, 1.165) is 18.2 Å². The normalized spacial score (nSPS) is 14.1. The van der Waals surface area contributed by atoms with Crippen molar-refractivity contribution in [3.63, 3.8) is 0 Å². The number of halogens is 12. The van der Waals surface area contributed by atoms with Gasteiger partial charge in [0.15, 0.2) is 6.61 Å². The van der Waals surface area contributed by atoms with E-state index in [-0.39, 0.29) is 29.6 Å². The Labute approximate surface area is 204 Å². The van der Waals surface area contributed by atoms with Gasteiger partial charge in [0.05, 0.1) is 21.4 Å². The molecule has 0 aliphatic heterocycles. The van der Waals surface area contributed by atoms with E-state index in [1.54, 1.807) is 0 Å². The predicted octanol–water partition coefficient (Wildman–Crippen LogP) is 1.33. The largest absolute Gasteiger partial charge is 1.00 e. The Bertz CT molecular complexity index is 984. The summed E-state index contributed by atoms with van der Waals surface area (Å²) in [5.41, 5.74) is -1.74. The van der Waals surface area contributed by atoms with Gasteiger partial charge in [0, 0.05) is 0 Å². The molecule has 0 fully saturated rings. The fraction of sp³-hybridized carbons (Fsp3) is 0.533. The zero-order valence-corrected chi connectivity index (χ0v) is 19.1. The first-order valence-electron chi connectivity index (χ1n) is 7.88. The van der Waals surface area contributed by atoms with E-state index >= 15 is 0 Å². The third-order valence-electron chi connectivity index (χ3n) is 3.89. The van der Waals surface area contributed by atoms with Crippen LogP contribution in [0.5, 0.6) is 0 Å². The molecule has 0 N–H and O–H groups in total. The van der Waals surface area contributed by atoms with Crippen molar-refractivity contribution >= 4 is 16.1 Å². The molecule has 0 aromatic heterocycles. The zero-order valence-electron chi connectivity index (χ0n) is 16.3. The van der Waals surface area contributed by atoms with Crippen LogP contribution in [0.3, 0.4) is 0 Å². The minimum Gasteiger partial charge on any atom is -0.748 e. The summed E-state index contributed by atoms with van der Waals surface area (Å²) in [7, 11) is -5.10. The maximum absolute atomic E-state index is 13.6. The molecule has 34 heavy (non-hydrogen) atoms. The molecule has 0 saturated heterocycles. The van der Waals surface area contributed by atoms with Crippen LogP contribution in [-0.4, -0.2) is 61.6 Å². The van der Waals surface area contributed by atoms with E-state index in [2.05, 4.69) is 4.74 Å². The molecule has 190 valence electrons. The molecule has 0 unspecified atom stereocenters. The molecule has 0 aliphatic carbocycles. The van der Waals surface area contributed by atoms with E-state index in [1.807, 2.05) is 0 Å². The van der Waals surface area contributed by atoms with Crippen molar-refractivity contribution in [2.75, 3.05) is 6.61 Å². The van der Waals surface area contributed by atoms with Crippen molar-refractivity contribution in [2.24, 2.45) is 0 Å². The number of benzene rings is 1. The van der Waals surface area contributed by atoms with Gasteiger partial charge in [-0.3, -0.25) is 0 Å². The molecule has 1 aromatic carbocycles. The predicted molar refractivity (Wildman–Crippen MR) is 80.9 cm³/mol. The summed E-state index contributed by atoms with van der Waals surface area (Å²) in [5, 5.41) is 0. The molecule has 0 saturated carbocycles. The topological polar surface area (TPSA) is 83.5 Å². The van der Waals surface area contributed by atoms with E-state index in [0.29, 0.717) is 6.07 Å². The third kappa shape index (κ3) is 6.11. The summed E-state index contributed by atoms with van der Waals surface area (Å²) in [6.45, 7) is -3.16. The zero-order chi connectivity index (χ0) is 26.3. The van der Waals surface area contributed by atoms with Crippen molar-refractivity contribution < 1.29 is 105 Å². The average Bonchev–Trinajstić information content (AvgIpc) is 2.64. The summed E-state index contributed by atoms with van der Waals surface area (Å²) in [6, 6.07) is 3.32. The molecule has 0 aliphatic rings. The van der Waals surface area contributed by atoms with Gasteiger partial charge < -0.3 is 9.29 Å². The summed E-state index contributed by atoms with van der Waals surface area (Å²) in [5.74, 6) is -40.2. The number of alkyl halides is 12. The molecule has 0 radical (unpaired) electrons. The first-order valence-corrected chi connectivity index (χ1v) is 9.46. The van der Waals surface area contributed by atoms with Crippen LogP contribution in [0.2, 0.25) is 0 Å². The number of hydrogen-bond donors (Lipinski definition) is 0. The standard InChI is InChI=1S/C15H10F12O5S.Na/c16-10(17)12(20,21)14(24,25)15(26,27)13(22,23)11(18,19)6-32-9(28)8-4-2-1-3-7(8)5-33(29,30)31;/h1-4,10H,5-6H2,(H,29,30,31);/q;+1/p-1. The summed E-state index contributed by atoms with van der Waals surface area (Å²) < 4.78 is 193. The van der Waals surface area contributed by atoms with Crippen LogP contribution >= 0.6 is 0 Å². The average molecular weight is 552 g/mol. The number of carbonyl (C=O) groups is 1. The number of esters is 1. The fourth-order valence-corrected chi connectivity index (χ4v) is 2.77. The molecular weight excluding hydrogens is 543 g/mol. The molecule has 0 heterocycles. The second-order valence-electron chi connectivity index (χ2n) is 6.29. The van der Waals surface area contributed by atoms with Crippen molar-refractivity contribution in [3.8, 4) is 0 Å². The van der Waals surface area contributed by atoms with Crippen molar-refractivity contribution in [1.29, 1.82) is 0 Å². The monoisotopic (exact) mass is 552 g/mol. The Kier molecular flexibility index (Phi) is 10.0. The van der Waals surface area contributed by atoms with E-state index in [1.165, 1.54) is 0 Å². The number of carbonyl (C=O) groups excluding carboxylic acids is 1. The smallest absolute Gasteiger partial charge is 0.748 e. The van der Waals surface area contributed by atoms with Gasteiger partial charge in [0.1, 0.15) is 0 Å². The van der Waals surface area contributed by atoms with Crippen LogP contribution in [0.25, 0.3) is 0 Å². The van der Waals surface area contributed by atoms with Crippen LogP contribution in [0, 0.1) is 0 Å². The first kappa shape index (κ1) is 32.8. The molecular formula is C15H9F12NaO5S. The molecule has 0 amide bonds. The SMILES string of the molecule is O=C(OCC(F)(F)C(F)(F)C(F)(F)C(F)(F)C(F)(F)C(F)F)c1ccccc1CS(=O)(=O)[O-].[Na+]. The Hall–Kier alpha value is -1.24. The molecule has 19 heteroatoms. The van der Waals surface area contributed by atoms with Gasteiger partial charge in [0.25, 0.3) is 0 Å². The molecule has 1 aromatic rings. The van der Waals surface area contributed by atoms with Crippen LogP contribution in [0.4, 0.5) is 52.7 Å². The number of ether oxygens (including phenoxy) is 1. The molecule has 0 atom stereocenters. The number of hydrogen-bond acceptors (Lipinski definition) is 5. The van der Waals surface area contributed by atoms with E-state index in [9.17, 15) is 70.5 Å². The van der Waals surface area contributed by atoms with Gasteiger partial charge in [-0.15, -0.1) is 0 Å². The second kappa shape index (κ2) is 10.4. The number of rotatable bonds is 10. The van der Waals surface area contributed by atoms with E-state index < -0.39 is 75.6 Å². The maximum Gasteiger partial charge on any atom is 1.00 e. The Morgan fingerprint density at radius 2 is 1.35 bits per heavy atom. The molecule has 0 bridgehead atoms. The molecule has 5 nitrogen and oxygen atoms in total. The van der Waals surface area contributed by atoms with Gasteiger partial charge in [-0.2, -0.15) is 43.9 Å². The summed E-state index contributed by atoms with van der Waals surface area (Å²) in [6.07, 6.45) is -5.66. The van der Waals surface area contributed by atoms with Crippen molar-refractivity contribution in [2.45, 2.75) is 41.8 Å². The van der Waals surface area contributed by atoms with Gasteiger partial charge in [0.2, 0.25) is 0 Å². The first-order chi connectivity index (χ1) is 14.5. The fourth-order valence-electron chi connectivity index (χ4n) is 2.13. The summed E-state index contributed by atoms with van der Waals surface area (Å²) >= 11 is 0. The molecule has 1 rings (SSSR count). The Balaban J connectivity index is 0.0000109. The second-order valence-corrected chi connectivity index (χ2v) is 7.69. The maximum atomic E-state index is 13.6. The van der Waals surface area contributed by atoms with Crippen molar-refractivity contribution in [1.82, 2.24) is 0 Å². The van der Waals surface area contributed by atoms with Crippen LogP contribution in [0.15, 0.2) is 24.3 Å².